The van der Waals surface area contributed by atoms with Crippen LogP contribution in [0.25, 0.3) is 0 Å². The number of halogens is 1. The first kappa shape index (κ1) is 14.8. The van der Waals surface area contributed by atoms with Crippen LogP contribution < -0.4 is 4.74 Å². The monoisotopic (exact) mass is 244 g/mol. The third-order valence-corrected chi connectivity index (χ3v) is 2.25. The Balaban J connectivity index is 0.00000225. The Kier molecular flexibility index (Phi) is 4.81. The van der Waals surface area contributed by atoms with E-state index in [1.807, 2.05) is 20.8 Å². The van der Waals surface area contributed by atoms with Crippen molar-refractivity contribution in [2.24, 2.45) is 0 Å². The highest BCUT2D eigenvalue weighted by atomic mass is 35.5. The first-order valence-corrected chi connectivity index (χ1v) is 4.78. The minimum Gasteiger partial charge on any atom is -0.496 e. The molecule has 0 aliphatic heterocycles. The highest BCUT2D eigenvalue weighted by Crippen LogP contribution is 2.31. The summed E-state index contributed by atoms with van der Waals surface area (Å²) >= 11 is 0. The van der Waals surface area contributed by atoms with Gasteiger partial charge in [0, 0.05) is 5.56 Å². The van der Waals surface area contributed by atoms with Crippen LogP contribution in [-0.2, 0) is 5.41 Å². The lowest BCUT2D eigenvalue weighted by molar-refractivity contribution is 0.0696. The fourth-order valence-electron chi connectivity index (χ4n) is 1.43. The second-order valence-electron chi connectivity index (χ2n) is 4.47. The number of hydrogen-bond acceptors (Lipinski definition) is 2. The summed E-state index contributed by atoms with van der Waals surface area (Å²) in [7, 11) is 1.59. The quantitative estimate of drug-likeness (QED) is 0.870. The van der Waals surface area contributed by atoms with E-state index in [2.05, 4.69) is 0 Å². The highest BCUT2D eigenvalue weighted by Gasteiger charge is 2.20. The van der Waals surface area contributed by atoms with Gasteiger partial charge >= 0.3 is 5.97 Å². The Bertz CT molecular complexity index is 380. The summed E-state index contributed by atoms with van der Waals surface area (Å²) in [4.78, 5) is 10.8. The molecule has 0 atom stereocenters. The van der Waals surface area contributed by atoms with Gasteiger partial charge in [0.1, 0.15) is 5.75 Å². The molecule has 0 amide bonds. The third kappa shape index (κ3) is 3.14. The summed E-state index contributed by atoms with van der Waals surface area (Å²) in [5.74, 6) is -0.185. The van der Waals surface area contributed by atoms with Crippen molar-refractivity contribution in [2.45, 2.75) is 26.2 Å². The standard InChI is InChI=1S/C12H16O3.ClH/c1-12(2,3)9-7-8(11(13)14)5-6-10(9)15-4;/h5-7H,1-4H3,(H,13,14);1H. The van der Waals surface area contributed by atoms with Crippen LogP contribution in [0.4, 0.5) is 0 Å². The number of benzene rings is 1. The zero-order chi connectivity index (χ0) is 11.6. The van der Waals surface area contributed by atoms with Crippen LogP contribution in [0.15, 0.2) is 18.2 Å². The molecule has 4 heteroatoms. The van der Waals surface area contributed by atoms with Crippen LogP contribution >= 0.6 is 12.4 Å². The molecule has 0 aromatic heterocycles. The van der Waals surface area contributed by atoms with Crippen molar-refractivity contribution in [3.63, 3.8) is 0 Å². The minimum absolute atomic E-state index is 0. The molecule has 16 heavy (non-hydrogen) atoms. The lowest BCUT2D eigenvalue weighted by atomic mass is 9.85. The average Bonchev–Trinajstić information content (AvgIpc) is 2.15. The fraction of sp³-hybridized carbons (Fsp3) is 0.417. The topological polar surface area (TPSA) is 46.5 Å². The molecule has 0 bridgehead atoms. The third-order valence-electron chi connectivity index (χ3n) is 2.25. The maximum Gasteiger partial charge on any atom is 0.335 e. The lowest BCUT2D eigenvalue weighted by Crippen LogP contribution is -2.14. The van der Waals surface area contributed by atoms with Gasteiger partial charge in [-0.2, -0.15) is 0 Å². The number of hydrogen-bond donors (Lipinski definition) is 1. The minimum atomic E-state index is -0.914. The van der Waals surface area contributed by atoms with Crippen molar-refractivity contribution < 1.29 is 14.6 Å². The van der Waals surface area contributed by atoms with Gasteiger partial charge in [-0.15, -0.1) is 12.4 Å². The second kappa shape index (κ2) is 5.21. The van der Waals surface area contributed by atoms with Gasteiger partial charge in [0.15, 0.2) is 0 Å². The molecule has 3 nitrogen and oxygen atoms in total. The molecule has 0 aliphatic carbocycles. The molecule has 1 aromatic rings. The number of carbonyl (C=O) groups is 1. The maximum absolute atomic E-state index is 10.8. The summed E-state index contributed by atoms with van der Waals surface area (Å²) in [5.41, 5.74) is 1.07. The van der Waals surface area contributed by atoms with Crippen LogP contribution in [0.3, 0.4) is 0 Å². The molecule has 0 spiro atoms. The number of carboxylic acid groups (broad SMARTS) is 1. The van der Waals surface area contributed by atoms with Gasteiger partial charge in [-0.05, 0) is 23.6 Å². The zero-order valence-corrected chi connectivity index (χ0v) is 10.7. The highest BCUT2D eigenvalue weighted by molar-refractivity contribution is 5.88. The Labute approximate surface area is 102 Å². The van der Waals surface area contributed by atoms with Crippen LogP contribution in [0.5, 0.6) is 5.75 Å². The van der Waals surface area contributed by atoms with Gasteiger partial charge in [0.2, 0.25) is 0 Å². The molecule has 1 N–H and O–H groups in total. The summed E-state index contributed by atoms with van der Waals surface area (Å²) in [6, 6.07) is 4.92. The molecule has 0 heterocycles. The van der Waals surface area contributed by atoms with Gasteiger partial charge in [-0.1, -0.05) is 20.8 Å². The average molecular weight is 245 g/mol. The fourth-order valence-corrected chi connectivity index (χ4v) is 1.43. The van der Waals surface area contributed by atoms with Crippen molar-refractivity contribution in [3.05, 3.63) is 29.3 Å². The van der Waals surface area contributed by atoms with Gasteiger partial charge in [-0.25, -0.2) is 4.79 Å². The smallest absolute Gasteiger partial charge is 0.335 e. The lowest BCUT2D eigenvalue weighted by Gasteiger charge is -2.22. The summed E-state index contributed by atoms with van der Waals surface area (Å²) in [6.45, 7) is 6.07. The Morgan fingerprint density at radius 2 is 1.88 bits per heavy atom. The summed E-state index contributed by atoms with van der Waals surface area (Å²) in [6.07, 6.45) is 0. The molecule has 0 saturated carbocycles. The predicted molar refractivity (Wildman–Crippen MR) is 65.9 cm³/mol. The van der Waals surface area contributed by atoms with Crippen molar-refractivity contribution >= 4 is 18.4 Å². The SMILES string of the molecule is COc1ccc(C(=O)O)cc1C(C)(C)C.Cl. The van der Waals surface area contributed by atoms with E-state index >= 15 is 0 Å². The second-order valence-corrected chi connectivity index (χ2v) is 4.47. The number of methoxy groups -OCH3 is 1. The molecular weight excluding hydrogens is 228 g/mol. The van der Waals surface area contributed by atoms with E-state index in [4.69, 9.17) is 9.84 Å². The van der Waals surface area contributed by atoms with Crippen molar-refractivity contribution in [1.82, 2.24) is 0 Å². The van der Waals surface area contributed by atoms with Crippen LogP contribution in [0, 0.1) is 0 Å². The van der Waals surface area contributed by atoms with Crippen LogP contribution in [0.1, 0.15) is 36.7 Å². The van der Waals surface area contributed by atoms with Gasteiger partial charge in [0.25, 0.3) is 0 Å². The van der Waals surface area contributed by atoms with Crippen LogP contribution in [-0.4, -0.2) is 18.2 Å². The first-order valence-electron chi connectivity index (χ1n) is 4.78. The largest absolute Gasteiger partial charge is 0.496 e. The number of rotatable bonds is 2. The normalized spacial score (nSPS) is 10.5. The summed E-state index contributed by atoms with van der Waals surface area (Å²) < 4.78 is 5.21. The molecule has 0 aliphatic rings. The molecular formula is C12H17ClO3. The molecule has 0 saturated heterocycles. The Morgan fingerprint density at radius 3 is 2.25 bits per heavy atom. The van der Waals surface area contributed by atoms with Crippen molar-refractivity contribution in [1.29, 1.82) is 0 Å². The first-order chi connectivity index (χ1) is 6.86. The predicted octanol–water partition coefficient (Wildman–Crippen LogP) is 3.11. The van der Waals surface area contributed by atoms with E-state index in [1.165, 1.54) is 0 Å². The number of carboxylic acids is 1. The van der Waals surface area contributed by atoms with E-state index in [1.54, 1.807) is 25.3 Å². The van der Waals surface area contributed by atoms with Gasteiger partial charge in [0.05, 0.1) is 12.7 Å². The van der Waals surface area contributed by atoms with Crippen LogP contribution in [0.2, 0.25) is 0 Å². The van der Waals surface area contributed by atoms with E-state index < -0.39 is 5.97 Å². The van der Waals surface area contributed by atoms with Gasteiger partial charge in [-0.3, -0.25) is 0 Å². The Morgan fingerprint density at radius 1 is 1.31 bits per heavy atom. The summed E-state index contributed by atoms with van der Waals surface area (Å²) in [5, 5.41) is 8.90. The van der Waals surface area contributed by atoms with E-state index in [0.717, 1.165) is 11.3 Å². The molecule has 0 fully saturated rings. The molecule has 0 unspecified atom stereocenters. The van der Waals surface area contributed by atoms with E-state index in [9.17, 15) is 4.79 Å². The number of ether oxygens (including phenoxy) is 1. The molecule has 0 radical (unpaired) electrons. The van der Waals surface area contributed by atoms with Crippen molar-refractivity contribution in [2.75, 3.05) is 7.11 Å². The maximum atomic E-state index is 10.8. The molecule has 1 aromatic carbocycles. The molecule has 1 rings (SSSR count). The molecule has 90 valence electrons. The number of aromatic carboxylic acids is 1. The van der Waals surface area contributed by atoms with Gasteiger partial charge < -0.3 is 9.84 Å². The zero-order valence-electron chi connectivity index (χ0n) is 9.90. The van der Waals surface area contributed by atoms with E-state index in [-0.39, 0.29) is 17.8 Å². The van der Waals surface area contributed by atoms with E-state index in [0.29, 0.717) is 5.56 Å². The van der Waals surface area contributed by atoms with Crippen molar-refractivity contribution in [3.8, 4) is 5.75 Å². The Hall–Kier alpha value is -1.22.